The van der Waals surface area contributed by atoms with Crippen LogP contribution >= 0.6 is 0 Å². The zero-order chi connectivity index (χ0) is 20.3. The van der Waals surface area contributed by atoms with Gasteiger partial charge >= 0.3 is 6.01 Å². The highest BCUT2D eigenvalue weighted by atomic mass is 32.2. The predicted molar refractivity (Wildman–Crippen MR) is 106 cm³/mol. The fourth-order valence-corrected chi connectivity index (χ4v) is 4.78. The first-order valence-corrected chi connectivity index (χ1v) is 10.9. The Bertz CT molecular complexity index is 1040. The van der Waals surface area contributed by atoms with Crippen molar-refractivity contribution in [1.82, 2.24) is 19.3 Å². The first kappa shape index (κ1) is 19.5. The van der Waals surface area contributed by atoms with E-state index in [2.05, 4.69) is 15.0 Å². The molecule has 0 atom stereocenters. The highest BCUT2D eigenvalue weighted by Crippen LogP contribution is 2.26. The fraction of sp³-hybridized carbons (Fsp3) is 0.350. The Balaban J connectivity index is 1.36. The Morgan fingerprint density at radius 1 is 1.14 bits per heavy atom. The normalized spacial score (nSPS) is 16.0. The summed E-state index contributed by atoms with van der Waals surface area (Å²) in [6, 6.07) is 8.84. The lowest BCUT2D eigenvalue weighted by Gasteiger charge is -2.30. The minimum atomic E-state index is -3.52. The molecule has 29 heavy (non-hydrogen) atoms. The summed E-state index contributed by atoms with van der Waals surface area (Å²) in [6.07, 6.45) is 6.30. The smallest absolute Gasteiger partial charge is 0.316 e. The Morgan fingerprint density at radius 3 is 2.45 bits per heavy atom. The maximum atomic E-state index is 13.0. The van der Waals surface area contributed by atoms with E-state index in [0.717, 1.165) is 18.4 Å². The van der Waals surface area contributed by atoms with Gasteiger partial charge in [0.15, 0.2) is 5.89 Å². The predicted octanol–water partition coefficient (Wildman–Crippen LogP) is 2.92. The SMILES string of the molecule is Cc1nc(-c2ccc(S(=O)(=O)N3CCC(COc4ncccn4)CC3)cc2)co1. The number of sulfonamides is 1. The molecule has 8 nitrogen and oxygen atoms in total. The summed E-state index contributed by atoms with van der Waals surface area (Å²) in [7, 11) is -3.52. The number of benzene rings is 1. The van der Waals surface area contributed by atoms with Gasteiger partial charge in [-0.15, -0.1) is 0 Å². The third kappa shape index (κ3) is 4.46. The number of aromatic nitrogens is 3. The van der Waals surface area contributed by atoms with Gasteiger partial charge in [-0.05, 0) is 37.0 Å². The second-order valence-corrected chi connectivity index (χ2v) is 8.90. The van der Waals surface area contributed by atoms with Crippen LogP contribution in [-0.2, 0) is 10.0 Å². The molecule has 1 saturated heterocycles. The van der Waals surface area contributed by atoms with Crippen molar-refractivity contribution >= 4 is 10.0 Å². The molecule has 0 amide bonds. The second-order valence-electron chi connectivity index (χ2n) is 6.97. The first-order valence-electron chi connectivity index (χ1n) is 9.45. The molecule has 4 rings (SSSR count). The van der Waals surface area contributed by atoms with E-state index >= 15 is 0 Å². The number of oxazole rings is 1. The third-order valence-electron chi connectivity index (χ3n) is 4.97. The maximum Gasteiger partial charge on any atom is 0.316 e. The Morgan fingerprint density at radius 2 is 1.83 bits per heavy atom. The number of piperidine rings is 1. The van der Waals surface area contributed by atoms with Crippen molar-refractivity contribution < 1.29 is 17.6 Å². The van der Waals surface area contributed by atoms with E-state index in [1.165, 1.54) is 4.31 Å². The number of aryl methyl sites for hydroxylation is 1. The van der Waals surface area contributed by atoms with Gasteiger partial charge in [0, 0.05) is 38.0 Å². The highest BCUT2D eigenvalue weighted by Gasteiger charge is 2.29. The second kappa shape index (κ2) is 8.30. The van der Waals surface area contributed by atoms with Crippen LogP contribution in [-0.4, -0.2) is 47.4 Å². The van der Waals surface area contributed by atoms with Crippen LogP contribution in [0.4, 0.5) is 0 Å². The van der Waals surface area contributed by atoms with Crippen LogP contribution in [0.5, 0.6) is 6.01 Å². The van der Waals surface area contributed by atoms with E-state index in [-0.39, 0.29) is 10.8 Å². The third-order valence-corrected chi connectivity index (χ3v) is 6.88. The van der Waals surface area contributed by atoms with E-state index in [1.54, 1.807) is 55.9 Å². The molecule has 0 aliphatic carbocycles. The van der Waals surface area contributed by atoms with Crippen molar-refractivity contribution in [2.24, 2.45) is 5.92 Å². The van der Waals surface area contributed by atoms with Crippen LogP contribution < -0.4 is 4.74 Å². The summed E-state index contributed by atoms with van der Waals surface area (Å²) in [4.78, 5) is 12.6. The van der Waals surface area contributed by atoms with Crippen LogP contribution in [0, 0.1) is 12.8 Å². The highest BCUT2D eigenvalue weighted by molar-refractivity contribution is 7.89. The molecule has 0 N–H and O–H groups in total. The lowest BCUT2D eigenvalue weighted by Crippen LogP contribution is -2.39. The van der Waals surface area contributed by atoms with Gasteiger partial charge in [0.2, 0.25) is 10.0 Å². The number of rotatable bonds is 6. The number of ether oxygens (including phenoxy) is 1. The van der Waals surface area contributed by atoms with Gasteiger partial charge in [-0.2, -0.15) is 4.31 Å². The molecule has 1 aromatic carbocycles. The summed E-state index contributed by atoms with van der Waals surface area (Å²) in [5, 5.41) is 0. The summed E-state index contributed by atoms with van der Waals surface area (Å²) < 4.78 is 38.3. The number of nitrogens with zero attached hydrogens (tertiary/aromatic N) is 4. The largest absolute Gasteiger partial charge is 0.463 e. The van der Waals surface area contributed by atoms with Gasteiger partial charge < -0.3 is 9.15 Å². The summed E-state index contributed by atoms with van der Waals surface area (Å²) in [5.74, 6) is 0.852. The van der Waals surface area contributed by atoms with E-state index in [4.69, 9.17) is 9.15 Å². The van der Waals surface area contributed by atoms with Crippen molar-refractivity contribution in [3.63, 3.8) is 0 Å². The lowest BCUT2D eigenvalue weighted by atomic mass is 9.99. The van der Waals surface area contributed by atoms with Gasteiger partial charge in [-0.3, -0.25) is 0 Å². The molecule has 2 aromatic heterocycles. The summed E-state index contributed by atoms with van der Waals surface area (Å²) in [5.41, 5.74) is 1.51. The zero-order valence-electron chi connectivity index (χ0n) is 16.1. The van der Waals surface area contributed by atoms with Crippen LogP contribution in [0.25, 0.3) is 11.3 Å². The molecule has 1 aliphatic rings. The Labute approximate surface area is 169 Å². The monoisotopic (exact) mass is 414 g/mol. The van der Waals surface area contributed by atoms with Crippen molar-refractivity contribution in [3.05, 3.63) is 54.9 Å². The van der Waals surface area contributed by atoms with Crippen LogP contribution in [0.3, 0.4) is 0 Å². The molecule has 152 valence electrons. The average molecular weight is 414 g/mol. The molecule has 0 unspecified atom stereocenters. The molecule has 3 aromatic rings. The minimum Gasteiger partial charge on any atom is -0.463 e. The van der Waals surface area contributed by atoms with Crippen LogP contribution in [0.15, 0.2) is 58.3 Å². The van der Waals surface area contributed by atoms with Crippen molar-refractivity contribution in [2.45, 2.75) is 24.7 Å². The number of hydrogen-bond donors (Lipinski definition) is 0. The molecular formula is C20H22N4O4S. The van der Waals surface area contributed by atoms with E-state index in [1.807, 2.05) is 0 Å². The average Bonchev–Trinajstić information content (AvgIpc) is 3.20. The van der Waals surface area contributed by atoms with E-state index < -0.39 is 10.0 Å². The molecule has 0 radical (unpaired) electrons. The fourth-order valence-electron chi connectivity index (χ4n) is 3.31. The van der Waals surface area contributed by atoms with Crippen molar-refractivity contribution in [1.29, 1.82) is 0 Å². The molecule has 9 heteroatoms. The molecule has 0 spiro atoms. The Kier molecular flexibility index (Phi) is 5.59. The quantitative estimate of drug-likeness (QED) is 0.611. The van der Waals surface area contributed by atoms with Gasteiger partial charge in [-0.1, -0.05) is 12.1 Å². The van der Waals surface area contributed by atoms with Crippen LogP contribution in [0.1, 0.15) is 18.7 Å². The van der Waals surface area contributed by atoms with Crippen molar-refractivity contribution in [2.75, 3.05) is 19.7 Å². The van der Waals surface area contributed by atoms with E-state index in [9.17, 15) is 8.42 Å². The molecule has 3 heterocycles. The zero-order valence-corrected chi connectivity index (χ0v) is 16.9. The molecule has 0 bridgehead atoms. The lowest BCUT2D eigenvalue weighted by molar-refractivity contribution is 0.176. The van der Waals surface area contributed by atoms with E-state index in [0.29, 0.717) is 37.3 Å². The van der Waals surface area contributed by atoms with Gasteiger partial charge in [-0.25, -0.2) is 23.4 Å². The van der Waals surface area contributed by atoms with Crippen LogP contribution in [0.2, 0.25) is 0 Å². The van der Waals surface area contributed by atoms with Gasteiger partial charge in [0.1, 0.15) is 12.0 Å². The topological polar surface area (TPSA) is 98.4 Å². The Hall–Kier alpha value is -2.78. The molecule has 1 fully saturated rings. The molecule has 0 saturated carbocycles. The number of hydrogen-bond acceptors (Lipinski definition) is 7. The van der Waals surface area contributed by atoms with Crippen molar-refractivity contribution in [3.8, 4) is 17.3 Å². The first-order chi connectivity index (χ1) is 14.0. The molecular weight excluding hydrogens is 392 g/mol. The standard InChI is InChI=1S/C20H22N4O4S/c1-15-23-19(14-27-15)17-3-5-18(6-4-17)29(25,26)24-11-7-16(8-12-24)13-28-20-21-9-2-10-22-20/h2-6,9-10,14,16H,7-8,11-13H2,1H3. The van der Waals surface area contributed by atoms with Gasteiger partial charge in [0.25, 0.3) is 0 Å². The minimum absolute atomic E-state index is 0.281. The maximum absolute atomic E-state index is 13.0. The van der Waals surface area contributed by atoms with Gasteiger partial charge in [0.05, 0.1) is 11.5 Å². The summed E-state index contributed by atoms with van der Waals surface area (Å²) in [6.45, 7) is 3.19. The molecule has 1 aliphatic heterocycles. The summed E-state index contributed by atoms with van der Waals surface area (Å²) >= 11 is 0.